The molecule has 0 fully saturated rings. The molecule has 0 aliphatic heterocycles. The van der Waals surface area contributed by atoms with Gasteiger partial charge in [0.1, 0.15) is 0 Å². The van der Waals surface area contributed by atoms with Crippen LogP contribution in [0.25, 0.3) is 0 Å². The Morgan fingerprint density at radius 2 is 2.10 bits per heavy atom. The van der Waals surface area contributed by atoms with Gasteiger partial charge in [0.05, 0.1) is 18.6 Å². The number of amides is 1. The molecule has 21 heavy (non-hydrogen) atoms. The van der Waals surface area contributed by atoms with E-state index < -0.39 is 0 Å². The van der Waals surface area contributed by atoms with Gasteiger partial charge in [-0.3, -0.25) is 4.79 Å². The number of nitrogens with two attached hydrogens (primary N) is 1. The number of rotatable bonds is 8. The fraction of sp³-hybridized carbons (Fsp3) is 0.533. The Kier molecular flexibility index (Phi) is 7.67. The van der Waals surface area contributed by atoms with Crippen molar-refractivity contribution in [1.29, 1.82) is 0 Å². The van der Waals surface area contributed by atoms with Gasteiger partial charge >= 0.3 is 0 Å². The van der Waals surface area contributed by atoms with Crippen molar-refractivity contribution in [2.45, 2.75) is 18.6 Å². The van der Waals surface area contributed by atoms with E-state index in [0.717, 1.165) is 5.56 Å². The molecule has 2 unspecified atom stereocenters. The molecular weight excluding hydrogens is 290 g/mol. The quantitative estimate of drug-likeness (QED) is 0.762. The van der Waals surface area contributed by atoms with Crippen molar-refractivity contribution in [3.05, 3.63) is 34.9 Å². The number of likely N-dealkylation sites (N-methyl/N-ethyl adjacent to an activating group) is 1. The van der Waals surface area contributed by atoms with Crippen molar-refractivity contribution < 1.29 is 9.53 Å². The average molecular weight is 314 g/mol. The molecule has 118 valence electrons. The SMILES string of the molecule is COC(CN)CC(=O)NCC(c1ccccc1Cl)N(C)C. The van der Waals surface area contributed by atoms with Crippen molar-refractivity contribution in [2.24, 2.45) is 5.73 Å². The Bertz CT molecular complexity index is 450. The first-order chi connectivity index (χ1) is 9.99. The second-order valence-electron chi connectivity index (χ2n) is 5.10. The van der Waals surface area contributed by atoms with Crippen LogP contribution in [0.1, 0.15) is 18.0 Å². The Balaban J connectivity index is 2.65. The van der Waals surface area contributed by atoms with E-state index in [9.17, 15) is 4.79 Å². The van der Waals surface area contributed by atoms with E-state index in [1.165, 1.54) is 0 Å². The first kappa shape index (κ1) is 17.9. The number of nitrogens with zero attached hydrogens (tertiary/aromatic N) is 1. The number of halogens is 1. The van der Waals surface area contributed by atoms with Crippen LogP contribution in [0.3, 0.4) is 0 Å². The number of nitrogens with one attached hydrogen (secondary N) is 1. The number of benzene rings is 1. The smallest absolute Gasteiger partial charge is 0.222 e. The highest BCUT2D eigenvalue weighted by Gasteiger charge is 2.18. The number of methoxy groups -OCH3 is 1. The Hall–Kier alpha value is -1.14. The number of ether oxygens (including phenoxy) is 1. The van der Waals surface area contributed by atoms with Gasteiger partial charge in [-0.1, -0.05) is 29.8 Å². The number of hydrogen-bond acceptors (Lipinski definition) is 4. The zero-order valence-corrected chi connectivity index (χ0v) is 13.6. The van der Waals surface area contributed by atoms with E-state index in [-0.39, 0.29) is 24.5 Å². The van der Waals surface area contributed by atoms with Gasteiger partial charge in [0.2, 0.25) is 5.91 Å². The molecule has 0 bridgehead atoms. The van der Waals surface area contributed by atoms with Crippen LogP contribution in [-0.4, -0.2) is 51.2 Å². The first-order valence-electron chi connectivity index (χ1n) is 6.90. The topological polar surface area (TPSA) is 67.6 Å². The molecule has 0 radical (unpaired) electrons. The van der Waals surface area contributed by atoms with Crippen molar-refractivity contribution in [1.82, 2.24) is 10.2 Å². The monoisotopic (exact) mass is 313 g/mol. The maximum Gasteiger partial charge on any atom is 0.222 e. The Labute approximate surface area is 131 Å². The average Bonchev–Trinajstić information content (AvgIpc) is 2.46. The van der Waals surface area contributed by atoms with Gasteiger partial charge in [0.25, 0.3) is 0 Å². The lowest BCUT2D eigenvalue weighted by Gasteiger charge is -2.26. The van der Waals surface area contributed by atoms with E-state index >= 15 is 0 Å². The lowest BCUT2D eigenvalue weighted by molar-refractivity contribution is -0.123. The van der Waals surface area contributed by atoms with Crippen LogP contribution in [0.5, 0.6) is 0 Å². The molecule has 1 aromatic rings. The zero-order valence-electron chi connectivity index (χ0n) is 12.8. The van der Waals surface area contributed by atoms with Crippen LogP contribution < -0.4 is 11.1 Å². The molecule has 1 aromatic carbocycles. The molecule has 0 spiro atoms. The predicted molar refractivity (Wildman–Crippen MR) is 85.4 cm³/mol. The molecule has 0 saturated heterocycles. The van der Waals surface area contributed by atoms with Gasteiger partial charge in [-0.2, -0.15) is 0 Å². The second-order valence-corrected chi connectivity index (χ2v) is 5.51. The lowest BCUT2D eigenvalue weighted by Crippen LogP contribution is -2.37. The molecule has 1 rings (SSSR count). The van der Waals surface area contributed by atoms with Crippen molar-refractivity contribution in [3.63, 3.8) is 0 Å². The molecule has 1 amide bonds. The number of hydrogen-bond donors (Lipinski definition) is 2. The van der Waals surface area contributed by atoms with Gasteiger partial charge in [0, 0.05) is 25.2 Å². The third-order valence-electron chi connectivity index (χ3n) is 3.39. The minimum Gasteiger partial charge on any atom is -0.380 e. The summed E-state index contributed by atoms with van der Waals surface area (Å²) in [4.78, 5) is 13.9. The van der Waals surface area contributed by atoms with E-state index in [4.69, 9.17) is 22.1 Å². The minimum atomic E-state index is -0.247. The van der Waals surface area contributed by atoms with E-state index in [1.807, 2.05) is 43.3 Å². The molecule has 0 heterocycles. The summed E-state index contributed by atoms with van der Waals surface area (Å²) in [6, 6.07) is 7.67. The zero-order chi connectivity index (χ0) is 15.8. The van der Waals surface area contributed by atoms with Gasteiger partial charge in [-0.15, -0.1) is 0 Å². The highest BCUT2D eigenvalue weighted by Crippen LogP contribution is 2.25. The Morgan fingerprint density at radius 1 is 1.43 bits per heavy atom. The van der Waals surface area contributed by atoms with E-state index in [0.29, 0.717) is 18.1 Å². The van der Waals surface area contributed by atoms with Gasteiger partial charge < -0.3 is 20.7 Å². The van der Waals surface area contributed by atoms with Gasteiger partial charge in [-0.25, -0.2) is 0 Å². The van der Waals surface area contributed by atoms with Crippen molar-refractivity contribution in [2.75, 3.05) is 34.3 Å². The summed E-state index contributed by atoms with van der Waals surface area (Å²) >= 11 is 6.23. The summed E-state index contributed by atoms with van der Waals surface area (Å²) in [5, 5.41) is 3.61. The highest BCUT2D eigenvalue weighted by atomic mass is 35.5. The molecule has 5 nitrogen and oxygen atoms in total. The first-order valence-corrected chi connectivity index (χ1v) is 7.27. The summed E-state index contributed by atoms with van der Waals surface area (Å²) in [5.41, 5.74) is 6.51. The van der Waals surface area contributed by atoms with Crippen LogP contribution in [-0.2, 0) is 9.53 Å². The van der Waals surface area contributed by atoms with E-state index in [1.54, 1.807) is 7.11 Å². The summed E-state index contributed by atoms with van der Waals surface area (Å²) in [6.45, 7) is 0.808. The molecule has 0 aromatic heterocycles. The van der Waals surface area contributed by atoms with Crippen LogP contribution >= 0.6 is 11.6 Å². The molecule has 3 N–H and O–H groups in total. The predicted octanol–water partition coefficient (Wildman–Crippen LogP) is 1.42. The molecule has 0 aliphatic rings. The highest BCUT2D eigenvalue weighted by molar-refractivity contribution is 6.31. The number of carbonyl (C=O) groups excluding carboxylic acids is 1. The summed E-state index contributed by atoms with van der Waals surface area (Å²) < 4.78 is 5.11. The van der Waals surface area contributed by atoms with Crippen molar-refractivity contribution in [3.8, 4) is 0 Å². The third-order valence-corrected chi connectivity index (χ3v) is 3.73. The van der Waals surface area contributed by atoms with Crippen LogP contribution in [0.2, 0.25) is 5.02 Å². The lowest BCUT2D eigenvalue weighted by atomic mass is 10.1. The summed E-state index contributed by atoms with van der Waals surface area (Å²) in [7, 11) is 5.47. The normalized spacial score (nSPS) is 14.0. The largest absolute Gasteiger partial charge is 0.380 e. The summed E-state index contributed by atoms with van der Waals surface area (Å²) in [5.74, 6) is -0.0776. The molecular formula is C15H24ClN3O2. The van der Waals surface area contributed by atoms with Crippen LogP contribution in [0.4, 0.5) is 0 Å². The standard InChI is InChI=1S/C15H24ClN3O2/c1-19(2)14(12-6-4-5-7-13(12)16)10-18-15(20)8-11(9-17)21-3/h4-7,11,14H,8-10,17H2,1-3H3,(H,18,20). The fourth-order valence-electron chi connectivity index (χ4n) is 2.07. The second kappa shape index (κ2) is 9.00. The Morgan fingerprint density at radius 3 is 2.62 bits per heavy atom. The third kappa shape index (κ3) is 5.63. The molecule has 0 aliphatic carbocycles. The van der Waals surface area contributed by atoms with Gasteiger partial charge in [-0.05, 0) is 25.7 Å². The molecule has 6 heteroatoms. The maximum absolute atomic E-state index is 11.9. The van der Waals surface area contributed by atoms with Gasteiger partial charge in [0.15, 0.2) is 0 Å². The van der Waals surface area contributed by atoms with Crippen LogP contribution in [0.15, 0.2) is 24.3 Å². The molecule has 2 atom stereocenters. The van der Waals surface area contributed by atoms with Crippen LogP contribution in [0, 0.1) is 0 Å². The minimum absolute atomic E-state index is 0.0153. The van der Waals surface area contributed by atoms with E-state index in [2.05, 4.69) is 5.32 Å². The number of carbonyl (C=O) groups is 1. The fourth-order valence-corrected chi connectivity index (χ4v) is 2.33. The summed E-state index contributed by atoms with van der Waals surface area (Å²) in [6.07, 6.45) is 0.0125. The van der Waals surface area contributed by atoms with Crippen molar-refractivity contribution >= 4 is 17.5 Å². The molecule has 0 saturated carbocycles. The maximum atomic E-state index is 11.9.